The van der Waals surface area contributed by atoms with E-state index in [1.54, 1.807) is 0 Å². The fraction of sp³-hybridized carbons (Fsp3) is 0.200. The van der Waals surface area contributed by atoms with Crippen molar-refractivity contribution in [3.63, 3.8) is 0 Å². The van der Waals surface area contributed by atoms with Crippen LogP contribution in [0.25, 0.3) is 0 Å². The van der Waals surface area contributed by atoms with E-state index >= 15 is 0 Å². The number of thiocarbonyl (C=S) groups is 1. The van der Waals surface area contributed by atoms with Crippen molar-refractivity contribution in [2.75, 3.05) is 10.6 Å². The Balaban J connectivity index is 1.59. The Labute approximate surface area is 153 Å². The minimum absolute atomic E-state index is 0.531. The van der Waals surface area contributed by atoms with Crippen LogP contribution in [0.5, 0.6) is 0 Å². The van der Waals surface area contributed by atoms with Gasteiger partial charge in [0.05, 0.1) is 6.54 Å². The van der Waals surface area contributed by atoms with Crippen LogP contribution >= 0.6 is 12.2 Å². The van der Waals surface area contributed by atoms with Crippen LogP contribution in [0.2, 0.25) is 0 Å². The van der Waals surface area contributed by atoms with Crippen molar-refractivity contribution in [3.05, 3.63) is 77.0 Å². The normalized spacial score (nSPS) is 10.5. The molecule has 1 heterocycles. The Morgan fingerprint density at radius 1 is 0.960 bits per heavy atom. The van der Waals surface area contributed by atoms with E-state index in [9.17, 15) is 0 Å². The number of nitrogens with zero attached hydrogens (tertiary/aromatic N) is 2. The summed E-state index contributed by atoms with van der Waals surface area (Å²) in [6.45, 7) is 7.00. The average Bonchev–Trinajstić information content (AvgIpc) is 3.00. The SMILES string of the molecule is Cc1ccc(Cn2ccc(NC(=S)Nc3ccc(C)c(C)c3)n2)cc1. The molecule has 0 atom stereocenters. The van der Waals surface area contributed by atoms with E-state index in [4.69, 9.17) is 12.2 Å². The molecule has 2 aromatic carbocycles. The van der Waals surface area contributed by atoms with E-state index in [2.05, 4.69) is 72.9 Å². The zero-order chi connectivity index (χ0) is 17.8. The Bertz CT molecular complexity index is 881. The molecule has 3 rings (SSSR count). The zero-order valence-electron chi connectivity index (χ0n) is 14.7. The van der Waals surface area contributed by atoms with Crippen LogP contribution in [0, 0.1) is 20.8 Å². The molecule has 0 fully saturated rings. The van der Waals surface area contributed by atoms with E-state index < -0.39 is 0 Å². The summed E-state index contributed by atoms with van der Waals surface area (Å²) in [4.78, 5) is 0. The average molecular weight is 350 g/mol. The van der Waals surface area contributed by atoms with Crippen LogP contribution < -0.4 is 10.6 Å². The summed E-state index contributed by atoms with van der Waals surface area (Å²) < 4.78 is 1.89. The van der Waals surface area contributed by atoms with Crippen LogP contribution in [0.15, 0.2) is 54.7 Å². The first-order chi connectivity index (χ1) is 12.0. The van der Waals surface area contributed by atoms with Gasteiger partial charge in [0.25, 0.3) is 0 Å². The van der Waals surface area contributed by atoms with Crippen molar-refractivity contribution in [3.8, 4) is 0 Å². The first-order valence-electron chi connectivity index (χ1n) is 8.24. The Morgan fingerprint density at radius 2 is 1.72 bits per heavy atom. The van der Waals surface area contributed by atoms with Gasteiger partial charge in [-0.05, 0) is 61.8 Å². The summed E-state index contributed by atoms with van der Waals surface area (Å²) >= 11 is 5.38. The number of hydrogen-bond acceptors (Lipinski definition) is 2. The molecule has 0 saturated carbocycles. The molecule has 1 aromatic heterocycles. The lowest BCUT2D eigenvalue weighted by molar-refractivity contribution is 0.690. The van der Waals surface area contributed by atoms with Gasteiger partial charge in [-0.25, -0.2) is 0 Å². The lowest BCUT2D eigenvalue weighted by atomic mass is 10.1. The molecule has 0 aliphatic carbocycles. The maximum atomic E-state index is 5.38. The third-order valence-corrected chi connectivity index (χ3v) is 4.32. The summed E-state index contributed by atoms with van der Waals surface area (Å²) in [5.74, 6) is 0.730. The Morgan fingerprint density at radius 3 is 2.44 bits per heavy atom. The smallest absolute Gasteiger partial charge is 0.176 e. The number of aromatic nitrogens is 2. The molecule has 0 saturated heterocycles. The summed E-state index contributed by atoms with van der Waals surface area (Å²) in [5.41, 5.74) is 5.94. The molecule has 25 heavy (non-hydrogen) atoms. The Kier molecular flexibility index (Phi) is 5.14. The molecule has 0 unspecified atom stereocenters. The molecule has 0 amide bonds. The molecular weight excluding hydrogens is 328 g/mol. The van der Waals surface area contributed by atoms with Crippen molar-refractivity contribution in [1.29, 1.82) is 0 Å². The zero-order valence-corrected chi connectivity index (χ0v) is 15.5. The molecule has 0 bridgehead atoms. The van der Waals surface area contributed by atoms with Crippen molar-refractivity contribution in [2.24, 2.45) is 0 Å². The molecule has 0 spiro atoms. The lowest BCUT2D eigenvalue weighted by Crippen LogP contribution is -2.19. The maximum Gasteiger partial charge on any atom is 0.176 e. The molecule has 128 valence electrons. The van der Waals surface area contributed by atoms with Crippen molar-refractivity contribution >= 4 is 28.8 Å². The predicted octanol–water partition coefficient (Wildman–Crippen LogP) is 4.67. The van der Waals surface area contributed by atoms with Gasteiger partial charge in [-0.2, -0.15) is 5.10 Å². The second-order valence-electron chi connectivity index (χ2n) is 6.26. The van der Waals surface area contributed by atoms with Crippen LogP contribution in [-0.4, -0.2) is 14.9 Å². The highest BCUT2D eigenvalue weighted by Crippen LogP contribution is 2.15. The minimum atomic E-state index is 0.531. The number of anilines is 2. The van der Waals surface area contributed by atoms with Crippen molar-refractivity contribution in [2.45, 2.75) is 27.3 Å². The van der Waals surface area contributed by atoms with Gasteiger partial charge in [-0.3, -0.25) is 4.68 Å². The van der Waals surface area contributed by atoms with E-state index in [1.807, 2.05) is 23.0 Å². The van der Waals surface area contributed by atoms with E-state index in [1.165, 1.54) is 22.3 Å². The van der Waals surface area contributed by atoms with Crippen LogP contribution in [0.1, 0.15) is 22.3 Å². The molecule has 4 nitrogen and oxygen atoms in total. The van der Waals surface area contributed by atoms with Crippen LogP contribution in [0.4, 0.5) is 11.5 Å². The monoisotopic (exact) mass is 350 g/mol. The first-order valence-corrected chi connectivity index (χ1v) is 8.65. The predicted molar refractivity (Wildman–Crippen MR) is 108 cm³/mol. The Hall–Kier alpha value is -2.66. The summed E-state index contributed by atoms with van der Waals surface area (Å²) in [7, 11) is 0. The largest absolute Gasteiger partial charge is 0.332 e. The van der Waals surface area contributed by atoms with Gasteiger partial charge >= 0.3 is 0 Å². The van der Waals surface area contributed by atoms with Crippen molar-refractivity contribution < 1.29 is 0 Å². The molecule has 3 aromatic rings. The third kappa shape index (κ3) is 4.67. The molecule has 2 N–H and O–H groups in total. The van der Waals surface area contributed by atoms with Gasteiger partial charge < -0.3 is 10.6 Å². The highest BCUT2D eigenvalue weighted by molar-refractivity contribution is 7.80. The van der Waals surface area contributed by atoms with Gasteiger partial charge in [0.1, 0.15) is 0 Å². The fourth-order valence-corrected chi connectivity index (χ4v) is 2.72. The summed E-state index contributed by atoms with van der Waals surface area (Å²) in [5, 5.41) is 11.4. The summed E-state index contributed by atoms with van der Waals surface area (Å²) in [6, 6.07) is 16.6. The fourth-order valence-electron chi connectivity index (χ4n) is 2.49. The van der Waals surface area contributed by atoms with E-state index in [0.29, 0.717) is 5.11 Å². The minimum Gasteiger partial charge on any atom is -0.332 e. The lowest BCUT2D eigenvalue weighted by Gasteiger charge is -2.10. The van der Waals surface area contributed by atoms with Gasteiger partial charge in [0.15, 0.2) is 10.9 Å². The van der Waals surface area contributed by atoms with E-state index in [-0.39, 0.29) is 0 Å². The standard InChI is InChI=1S/C20H22N4S/c1-14-4-7-17(8-5-14)13-24-11-10-19(23-24)22-20(25)21-18-9-6-15(2)16(3)12-18/h4-12H,13H2,1-3H3,(H2,21,22,23,25). The number of nitrogens with one attached hydrogen (secondary N) is 2. The molecule has 0 aliphatic rings. The van der Waals surface area contributed by atoms with Gasteiger partial charge in [0.2, 0.25) is 0 Å². The van der Waals surface area contributed by atoms with Gasteiger partial charge in [0, 0.05) is 18.0 Å². The summed E-state index contributed by atoms with van der Waals surface area (Å²) in [6.07, 6.45) is 1.95. The second kappa shape index (κ2) is 7.49. The number of aryl methyl sites for hydroxylation is 3. The van der Waals surface area contributed by atoms with E-state index in [0.717, 1.165) is 18.1 Å². The molecule has 0 aliphatic heterocycles. The number of hydrogen-bond donors (Lipinski definition) is 2. The van der Waals surface area contributed by atoms with Gasteiger partial charge in [-0.15, -0.1) is 0 Å². The van der Waals surface area contributed by atoms with Crippen LogP contribution in [-0.2, 0) is 6.54 Å². The first kappa shape index (κ1) is 17.2. The molecular formula is C20H22N4S. The second-order valence-corrected chi connectivity index (χ2v) is 6.67. The highest BCUT2D eigenvalue weighted by atomic mass is 32.1. The third-order valence-electron chi connectivity index (χ3n) is 4.11. The molecule has 0 radical (unpaired) electrons. The number of rotatable bonds is 4. The quantitative estimate of drug-likeness (QED) is 0.671. The number of benzene rings is 2. The highest BCUT2D eigenvalue weighted by Gasteiger charge is 2.04. The van der Waals surface area contributed by atoms with Crippen LogP contribution in [0.3, 0.4) is 0 Å². The van der Waals surface area contributed by atoms with Crippen molar-refractivity contribution in [1.82, 2.24) is 9.78 Å². The van der Waals surface area contributed by atoms with Gasteiger partial charge in [-0.1, -0.05) is 35.9 Å². The topological polar surface area (TPSA) is 41.9 Å². The maximum absolute atomic E-state index is 5.38. The molecule has 5 heteroatoms.